The number of carboxylic acids is 4. The molecule has 25 nitrogen and oxygen atoms in total. The summed E-state index contributed by atoms with van der Waals surface area (Å²) in [6, 6.07) is 4.58. The zero-order valence-corrected chi connectivity index (χ0v) is 47.3. The van der Waals surface area contributed by atoms with Crippen LogP contribution in [0.2, 0.25) is 0 Å². The Kier molecular flexibility index (Phi) is 28.6. The highest BCUT2D eigenvalue weighted by molar-refractivity contribution is 7.89. The van der Waals surface area contributed by atoms with Crippen molar-refractivity contribution in [3.05, 3.63) is 46.6 Å². The van der Waals surface area contributed by atoms with Crippen LogP contribution in [0.4, 0.5) is 5.82 Å². The molecular formula is C54H84N10O15S. The number of sulfonamides is 1. The average molecular weight is 1150 g/mol. The van der Waals surface area contributed by atoms with Crippen molar-refractivity contribution in [2.75, 3.05) is 97.0 Å². The minimum Gasteiger partial charge on any atom is -0.494 e. The summed E-state index contributed by atoms with van der Waals surface area (Å²) < 4.78 is 35.1. The summed E-state index contributed by atoms with van der Waals surface area (Å²) >= 11 is 0. The Balaban J connectivity index is 1.16. The molecule has 0 radical (unpaired) electrons. The van der Waals surface area contributed by atoms with Gasteiger partial charge in [-0.05, 0) is 138 Å². The number of carbonyl (C=O) groups is 8. The zero-order chi connectivity index (χ0) is 58.6. The number of nitrogens with one attached hydrogen (secondary N) is 6. The maximum absolute atomic E-state index is 13.5. The van der Waals surface area contributed by atoms with E-state index in [-0.39, 0.29) is 125 Å². The van der Waals surface area contributed by atoms with Crippen LogP contribution < -0.4 is 36.0 Å². The lowest BCUT2D eigenvalue weighted by atomic mass is 9.94. The standard InChI is InChI=1S/C54H84N10O15S/c1-4-43(60-47(67)34-64-27-25-62(35-49(70)71)23-9-12-39(32-48(68)69)13-10-24-63(26-28-64)36-50(72)73)53(74)57-22-21-55-45(65)17-11-29-79-42-30-37(2)51(38(3)31-42)80(77,78)61-44(54(75)76)33-58-46(66)16-7-5-6-15-41-19-18-40-14-8-20-56-52(40)59-41/h18-19,30-31,39,43-44,61H,4-17,20-29,32-36H2,1-3H3,(H,55,65)(H,56,59)(H,57,74)(H,58,66)(H,60,67)(H,68,69)(H,70,71)(H,72,73)(H,75,76). The third kappa shape index (κ3) is 24.9. The first-order chi connectivity index (χ1) is 38.1. The number of carbonyl (C=O) groups excluding carboxylic acids is 4. The summed E-state index contributed by atoms with van der Waals surface area (Å²) in [6.07, 6.45) is 8.02. The molecule has 0 spiro atoms. The van der Waals surface area contributed by atoms with Crippen LogP contribution >= 0.6 is 0 Å². The Labute approximate surface area is 468 Å². The van der Waals surface area contributed by atoms with Gasteiger partial charge < -0.3 is 51.7 Å². The summed E-state index contributed by atoms with van der Waals surface area (Å²) in [6.45, 7) is 6.78. The predicted octanol–water partition coefficient (Wildman–Crippen LogP) is 1.73. The monoisotopic (exact) mass is 1140 g/mol. The van der Waals surface area contributed by atoms with Gasteiger partial charge in [-0.25, -0.2) is 13.4 Å². The number of unbranched alkanes of at least 4 members (excludes halogenated alkanes) is 2. The minimum absolute atomic E-state index is 0.0313. The van der Waals surface area contributed by atoms with Gasteiger partial charge in [-0.1, -0.05) is 19.4 Å². The first-order valence-electron chi connectivity index (χ1n) is 27.8. The van der Waals surface area contributed by atoms with Crippen LogP contribution in [-0.4, -0.2) is 200 Å². The molecule has 0 bridgehead atoms. The van der Waals surface area contributed by atoms with Crippen molar-refractivity contribution in [3.8, 4) is 5.75 Å². The molecule has 2 unspecified atom stereocenters. The maximum atomic E-state index is 13.5. The summed E-state index contributed by atoms with van der Waals surface area (Å²) in [5, 5.41) is 52.5. The molecule has 2 atom stereocenters. The van der Waals surface area contributed by atoms with Crippen molar-refractivity contribution >= 4 is 63.3 Å². The molecule has 446 valence electrons. The molecule has 3 heterocycles. The fourth-order valence-electron chi connectivity index (χ4n) is 9.80. The number of hydrogen-bond acceptors (Lipinski definition) is 16. The van der Waals surface area contributed by atoms with E-state index < -0.39 is 64.3 Å². The lowest BCUT2D eigenvalue weighted by molar-refractivity contribution is -0.140. The molecule has 80 heavy (non-hydrogen) atoms. The molecule has 1 saturated heterocycles. The lowest BCUT2D eigenvalue weighted by Crippen LogP contribution is -2.51. The smallest absolute Gasteiger partial charge is 0.323 e. The largest absolute Gasteiger partial charge is 0.494 e. The number of rotatable bonds is 31. The number of ether oxygens (including phenoxy) is 1. The molecule has 0 aliphatic carbocycles. The average Bonchev–Trinajstić information content (AvgIpc) is 3.38. The van der Waals surface area contributed by atoms with Crippen molar-refractivity contribution in [1.29, 1.82) is 0 Å². The highest BCUT2D eigenvalue weighted by Gasteiger charge is 2.29. The van der Waals surface area contributed by atoms with E-state index in [1.165, 1.54) is 17.7 Å². The third-order valence-electron chi connectivity index (χ3n) is 13.9. The van der Waals surface area contributed by atoms with Crippen molar-refractivity contribution in [2.24, 2.45) is 5.92 Å². The highest BCUT2D eigenvalue weighted by Crippen LogP contribution is 2.27. The van der Waals surface area contributed by atoms with E-state index in [1.807, 2.05) is 6.07 Å². The molecule has 2 aliphatic rings. The molecule has 1 aromatic carbocycles. The van der Waals surface area contributed by atoms with Crippen LogP contribution in [0.5, 0.6) is 5.75 Å². The number of aliphatic carboxylic acids is 4. The Hall–Kier alpha value is -6.48. The van der Waals surface area contributed by atoms with Gasteiger partial charge in [-0.15, -0.1) is 0 Å². The first kappa shape index (κ1) is 66.0. The third-order valence-corrected chi connectivity index (χ3v) is 15.7. The molecule has 4 rings (SSSR count). The first-order valence-corrected chi connectivity index (χ1v) is 29.2. The Bertz CT molecular complexity index is 2460. The van der Waals surface area contributed by atoms with Crippen LogP contribution in [0, 0.1) is 19.8 Å². The van der Waals surface area contributed by atoms with Crippen molar-refractivity contribution in [1.82, 2.24) is 45.7 Å². The number of hydrogen-bond donors (Lipinski definition) is 10. The van der Waals surface area contributed by atoms with Crippen LogP contribution in [-0.2, 0) is 61.2 Å². The number of carboxylic acid groups (broad SMARTS) is 4. The number of pyridine rings is 1. The second-order valence-corrected chi connectivity index (χ2v) is 22.2. The molecule has 1 fully saturated rings. The SMILES string of the molecule is CCC(NC(=O)CN1CCN(CC(=O)O)CCCC(CC(=O)O)CCCN(CC(=O)O)CC1)C(=O)NCCNC(=O)CCCOc1cc(C)c(S(=O)(=O)NC(CNC(=O)CCCCCc2ccc3c(n2)NCCC3)C(=O)O)c(C)c1. The topological polar surface area (TPSA) is 356 Å². The van der Waals surface area contributed by atoms with Gasteiger partial charge >= 0.3 is 23.9 Å². The number of aryl methyl sites for hydroxylation is 4. The number of anilines is 1. The van der Waals surface area contributed by atoms with E-state index >= 15 is 0 Å². The Morgan fingerprint density at radius 1 is 0.713 bits per heavy atom. The van der Waals surface area contributed by atoms with Crippen molar-refractivity contribution in [2.45, 2.75) is 134 Å². The molecule has 0 saturated carbocycles. The number of benzene rings is 1. The van der Waals surface area contributed by atoms with Crippen molar-refractivity contribution < 1.29 is 71.9 Å². The Morgan fingerprint density at radius 3 is 1.91 bits per heavy atom. The van der Waals surface area contributed by atoms with E-state index in [0.717, 1.165) is 50.2 Å². The quantitative estimate of drug-likeness (QED) is 0.0481. The van der Waals surface area contributed by atoms with Gasteiger partial charge in [0.1, 0.15) is 23.7 Å². The number of fused-ring (bicyclic) bond motifs is 1. The summed E-state index contributed by atoms with van der Waals surface area (Å²) in [5.74, 6) is -4.95. The van der Waals surface area contributed by atoms with Gasteiger partial charge in [0, 0.05) is 77.3 Å². The highest BCUT2D eigenvalue weighted by atomic mass is 32.2. The van der Waals surface area contributed by atoms with Gasteiger partial charge in [-0.3, -0.25) is 53.1 Å². The van der Waals surface area contributed by atoms with Crippen molar-refractivity contribution in [3.63, 3.8) is 0 Å². The normalized spacial score (nSPS) is 16.1. The molecular weight excluding hydrogens is 1060 g/mol. The molecule has 2 aromatic rings. The minimum atomic E-state index is -4.37. The number of amides is 4. The van der Waals surface area contributed by atoms with Gasteiger partial charge in [0.05, 0.1) is 31.1 Å². The zero-order valence-electron chi connectivity index (χ0n) is 46.5. The van der Waals surface area contributed by atoms with E-state index in [2.05, 4.69) is 37.4 Å². The molecule has 10 N–H and O–H groups in total. The lowest BCUT2D eigenvalue weighted by Gasteiger charge is -2.30. The van der Waals surface area contributed by atoms with Crippen LogP contribution in [0.1, 0.15) is 113 Å². The van der Waals surface area contributed by atoms with Gasteiger partial charge in [0.15, 0.2) is 0 Å². The summed E-state index contributed by atoms with van der Waals surface area (Å²) in [4.78, 5) is 109. The van der Waals surface area contributed by atoms with Gasteiger partial charge in [-0.2, -0.15) is 4.72 Å². The summed E-state index contributed by atoms with van der Waals surface area (Å²) in [5.41, 5.74) is 2.77. The van der Waals surface area contributed by atoms with Crippen LogP contribution in [0.15, 0.2) is 29.2 Å². The molecule has 2 aliphatic heterocycles. The Morgan fingerprint density at radius 2 is 1.31 bits per heavy atom. The van der Waals surface area contributed by atoms with Crippen LogP contribution in [0.25, 0.3) is 0 Å². The second kappa shape index (κ2) is 34.6. The van der Waals surface area contributed by atoms with Gasteiger partial charge in [0.25, 0.3) is 0 Å². The fourth-order valence-corrected chi connectivity index (χ4v) is 11.4. The molecule has 26 heteroatoms. The molecule has 1 aromatic heterocycles. The van der Waals surface area contributed by atoms with Gasteiger partial charge in [0.2, 0.25) is 33.7 Å². The van der Waals surface area contributed by atoms with E-state index in [1.54, 1.807) is 35.5 Å². The second-order valence-electron chi connectivity index (χ2n) is 20.6. The maximum Gasteiger partial charge on any atom is 0.323 e. The summed E-state index contributed by atoms with van der Waals surface area (Å²) in [7, 11) is -4.37. The van der Waals surface area contributed by atoms with E-state index in [4.69, 9.17) is 9.72 Å². The predicted molar refractivity (Wildman–Crippen MR) is 296 cm³/mol. The van der Waals surface area contributed by atoms with Crippen LogP contribution in [0.3, 0.4) is 0 Å². The van der Waals surface area contributed by atoms with E-state index in [0.29, 0.717) is 57.4 Å². The number of aromatic nitrogens is 1. The van der Waals surface area contributed by atoms with E-state index in [9.17, 15) is 67.2 Å². The number of nitrogens with zero attached hydrogens (tertiary/aromatic N) is 4. The molecule has 4 amide bonds. The fraction of sp³-hybridized carbons (Fsp3) is 0.648.